The normalized spacial score (nSPS) is 14.8. The molecule has 37 heavy (non-hydrogen) atoms. The molecule has 3 aromatic rings. The Hall–Kier alpha value is -4.03. The first-order valence-corrected chi connectivity index (χ1v) is 12.1. The summed E-state index contributed by atoms with van der Waals surface area (Å²) >= 11 is 0. The Morgan fingerprint density at radius 2 is 1.78 bits per heavy atom. The van der Waals surface area contributed by atoms with Gasteiger partial charge in [-0.15, -0.1) is 12.8 Å². The third-order valence-electron chi connectivity index (χ3n) is 5.22. The van der Waals surface area contributed by atoms with Gasteiger partial charge in [0, 0.05) is 23.5 Å². The van der Waals surface area contributed by atoms with Crippen LogP contribution in [0.25, 0.3) is 17.2 Å². The first-order chi connectivity index (χ1) is 18.0. The SMILES string of the molecule is C#C.CC.CC.NC1=C(/C=C(\N)c2c(F)cccc2F)CCCC1c1cncc(-c2cnc(CO)o2)n1. The lowest BCUT2D eigenvalue weighted by atomic mass is 9.84. The molecule has 7 nitrogen and oxygen atoms in total. The highest BCUT2D eigenvalue weighted by molar-refractivity contribution is 5.67. The summed E-state index contributed by atoms with van der Waals surface area (Å²) < 4.78 is 33.6. The second-order valence-electron chi connectivity index (χ2n) is 7.23. The lowest BCUT2D eigenvalue weighted by molar-refractivity contribution is 0.241. The molecule has 0 saturated carbocycles. The molecule has 1 aliphatic carbocycles. The number of hydrogen-bond donors (Lipinski definition) is 3. The molecule has 1 unspecified atom stereocenters. The molecule has 1 aromatic carbocycles. The van der Waals surface area contributed by atoms with Crippen molar-refractivity contribution >= 4 is 5.70 Å². The van der Waals surface area contributed by atoms with Gasteiger partial charge in [-0.1, -0.05) is 33.8 Å². The number of oxazole rings is 1. The lowest BCUT2D eigenvalue weighted by Gasteiger charge is -2.25. The van der Waals surface area contributed by atoms with Crippen LogP contribution in [0, 0.1) is 24.5 Å². The maximum Gasteiger partial charge on any atom is 0.220 e. The van der Waals surface area contributed by atoms with Gasteiger partial charge in [-0.2, -0.15) is 0 Å². The number of benzene rings is 1. The second-order valence-corrected chi connectivity index (χ2v) is 7.23. The minimum atomic E-state index is -0.729. The van der Waals surface area contributed by atoms with Crippen LogP contribution < -0.4 is 11.5 Å². The van der Waals surface area contributed by atoms with Crippen LogP contribution in [-0.4, -0.2) is 20.1 Å². The van der Waals surface area contributed by atoms with Crippen LogP contribution in [0.2, 0.25) is 0 Å². The number of nitrogens with two attached hydrogens (primary N) is 2. The first kappa shape index (κ1) is 31.0. The van der Waals surface area contributed by atoms with Crippen molar-refractivity contribution in [2.45, 2.75) is 59.5 Å². The van der Waals surface area contributed by atoms with E-state index < -0.39 is 11.6 Å². The maximum absolute atomic E-state index is 14.1. The number of halogens is 2. The Kier molecular flexibility index (Phi) is 13.3. The number of aromatic nitrogens is 3. The van der Waals surface area contributed by atoms with Gasteiger partial charge in [-0.05, 0) is 43.0 Å². The monoisotopic (exact) mass is 511 g/mol. The summed E-state index contributed by atoms with van der Waals surface area (Å²) in [6.45, 7) is 7.69. The zero-order valence-corrected chi connectivity index (χ0v) is 21.7. The van der Waals surface area contributed by atoms with E-state index in [1.54, 1.807) is 6.20 Å². The van der Waals surface area contributed by atoms with Gasteiger partial charge in [0.05, 0.1) is 23.7 Å². The highest BCUT2D eigenvalue weighted by atomic mass is 19.1. The minimum Gasteiger partial charge on any atom is -0.436 e. The highest BCUT2D eigenvalue weighted by Crippen LogP contribution is 2.36. The Balaban J connectivity index is 0.00000106. The van der Waals surface area contributed by atoms with Crippen molar-refractivity contribution in [2.75, 3.05) is 0 Å². The number of aliphatic hydroxyl groups excluding tert-OH is 1. The molecule has 5 N–H and O–H groups in total. The van der Waals surface area contributed by atoms with Gasteiger partial charge in [-0.3, -0.25) is 4.98 Å². The van der Waals surface area contributed by atoms with Crippen LogP contribution in [0.1, 0.15) is 70.0 Å². The smallest absolute Gasteiger partial charge is 0.220 e. The number of nitrogens with zero attached hydrogens (tertiary/aromatic N) is 3. The quantitative estimate of drug-likeness (QED) is 0.376. The third kappa shape index (κ3) is 7.72. The molecule has 9 heteroatoms. The van der Waals surface area contributed by atoms with Crippen LogP contribution in [-0.2, 0) is 6.61 Å². The number of rotatable bonds is 5. The van der Waals surface area contributed by atoms with Crippen molar-refractivity contribution in [1.29, 1.82) is 0 Å². The van der Waals surface area contributed by atoms with E-state index >= 15 is 0 Å². The number of hydrogen-bond acceptors (Lipinski definition) is 7. The summed E-state index contributed by atoms with van der Waals surface area (Å²) in [5.74, 6) is -1.12. The van der Waals surface area contributed by atoms with Crippen LogP contribution in [0.3, 0.4) is 0 Å². The maximum atomic E-state index is 14.1. The molecule has 0 amide bonds. The Labute approximate surface area is 217 Å². The molecule has 198 valence electrons. The topological polar surface area (TPSA) is 124 Å². The summed E-state index contributed by atoms with van der Waals surface area (Å²) in [5, 5.41) is 9.13. The van der Waals surface area contributed by atoms with E-state index in [2.05, 4.69) is 27.8 Å². The summed E-state index contributed by atoms with van der Waals surface area (Å²) in [6, 6.07) is 3.61. The van der Waals surface area contributed by atoms with Gasteiger partial charge < -0.3 is 21.0 Å². The van der Waals surface area contributed by atoms with Crippen molar-refractivity contribution < 1.29 is 18.3 Å². The minimum absolute atomic E-state index is 0.0211. The van der Waals surface area contributed by atoms with Crippen molar-refractivity contribution in [3.63, 3.8) is 0 Å². The van der Waals surface area contributed by atoms with Crippen LogP contribution >= 0.6 is 0 Å². The molecule has 4 rings (SSSR count). The molecule has 1 atom stereocenters. The van der Waals surface area contributed by atoms with Crippen LogP contribution in [0.4, 0.5) is 8.78 Å². The molecular formula is C28H35F2N5O2. The molecule has 0 saturated heterocycles. The van der Waals surface area contributed by atoms with E-state index in [0.717, 1.165) is 25.0 Å². The van der Waals surface area contributed by atoms with E-state index in [1.165, 1.54) is 24.5 Å². The highest BCUT2D eigenvalue weighted by Gasteiger charge is 2.24. The van der Waals surface area contributed by atoms with Crippen molar-refractivity contribution in [3.05, 3.63) is 82.9 Å². The van der Waals surface area contributed by atoms with E-state index in [4.69, 9.17) is 21.0 Å². The lowest BCUT2D eigenvalue weighted by Crippen LogP contribution is -2.19. The van der Waals surface area contributed by atoms with Crippen LogP contribution in [0.15, 0.2) is 58.6 Å². The molecule has 0 fully saturated rings. The summed E-state index contributed by atoms with van der Waals surface area (Å²) in [7, 11) is 0. The van der Waals surface area contributed by atoms with Gasteiger partial charge in [0.1, 0.15) is 23.9 Å². The van der Waals surface area contributed by atoms with Gasteiger partial charge in [0.2, 0.25) is 5.89 Å². The van der Waals surface area contributed by atoms with Gasteiger partial charge in [0.25, 0.3) is 0 Å². The predicted octanol–water partition coefficient (Wildman–Crippen LogP) is 5.68. The van der Waals surface area contributed by atoms with Gasteiger partial charge >= 0.3 is 0 Å². The fraction of sp³-hybridized carbons (Fsp3) is 0.321. The molecule has 1 aliphatic rings. The number of terminal acetylenes is 1. The number of aliphatic hydroxyl groups is 1. The Morgan fingerprint density at radius 1 is 1.14 bits per heavy atom. The zero-order valence-electron chi connectivity index (χ0n) is 21.7. The van der Waals surface area contributed by atoms with E-state index in [-0.39, 0.29) is 29.7 Å². The number of allylic oxidation sites excluding steroid dienone is 3. The summed E-state index contributed by atoms with van der Waals surface area (Å²) in [4.78, 5) is 12.8. The molecule has 0 radical (unpaired) electrons. The molecule has 2 heterocycles. The van der Waals surface area contributed by atoms with Crippen molar-refractivity contribution in [2.24, 2.45) is 11.5 Å². The fourth-order valence-corrected chi connectivity index (χ4v) is 3.69. The molecule has 0 spiro atoms. The second kappa shape index (κ2) is 15.9. The molecular weight excluding hydrogens is 476 g/mol. The molecule has 0 bridgehead atoms. The Morgan fingerprint density at radius 3 is 2.38 bits per heavy atom. The summed E-state index contributed by atoms with van der Waals surface area (Å²) in [5.41, 5.74) is 14.5. The van der Waals surface area contributed by atoms with E-state index in [9.17, 15) is 8.78 Å². The zero-order chi connectivity index (χ0) is 28.0. The standard InChI is InChI=1S/C22H21F2N5O2.2C2H6.C2H2/c23-14-5-2-6-15(24)21(14)16(25)7-12-3-1-4-13(22(12)26)17-8-27-9-18(29-17)19-10-28-20(11-30)31-19;3*1-2/h2,5-10,13,30H,1,3-4,11,25-26H2;2*1-2H3;1-2H/b16-7-;;;. The third-order valence-corrected chi connectivity index (χ3v) is 5.22. The van der Waals surface area contributed by atoms with E-state index in [0.29, 0.717) is 34.8 Å². The molecule has 0 aliphatic heterocycles. The van der Waals surface area contributed by atoms with Gasteiger partial charge in [0.15, 0.2) is 5.76 Å². The first-order valence-electron chi connectivity index (χ1n) is 12.1. The average molecular weight is 512 g/mol. The van der Waals surface area contributed by atoms with Crippen molar-refractivity contribution in [1.82, 2.24) is 15.0 Å². The summed E-state index contributed by atoms with van der Waals surface area (Å²) in [6.07, 6.45) is 16.3. The average Bonchev–Trinajstić information content (AvgIpc) is 3.43. The molecule has 2 aromatic heterocycles. The van der Waals surface area contributed by atoms with Crippen molar-refractivity contribution in [3.8, 4) is 24.3 Å². The fourth-order valence-electron chi connectivity index (χ4n) is 3.69. The van der Waals surface area contributed by atoms with Crippen LogP contribution in [0.5, 0.6) is 0 Å². The largest absolute Gasteiger partial charge is 0.436 e. The Bertz CT molecular complexity index is 1200. The van der Waals surface area contributed by atoms with Gasteiger partial charge in [-0.25, -0.2) is 18.7 Å². The van der Waals surface area contributed by atoms with E-state index in [1.807, 2.05) is 27.7 Å². The predicted molar refractivity (Wildman–Crippen MR) is 142 cm³/mol.